The van der Waals surface area contributed by atoms with Gasteiger partial charge in [-0.25, -0.2) is 5.43 Å². The molecule has 0 aromatic carbocycles. The van der Waals surface area contributed by atoms with Gasteiger partial charge in [-0.1, -0.05) is 0 Å². The van der Waals surface area contributed by atoms with Crippen molar-refractivity contribution in [3.8, 4) is 6.19 Å². The van der Waals surface area contributed by atoms with Gasteiger partial charge in [0.05, 0.1) is 0 Å². The minimum absolute atomic E-state index is 1.41. The third kappa shape index (κ3) is 3.21. The van der Waals surface area contributed by atoms with Crippen molar-refractivity contribution in [2.45, 2.75) is 0 Å². The van der Waals surface area contributed by atoms with E-state index in [1.165, 1.54) is 11.8 Å². The molecule has 0 atom stereocenters. The molecule has 0 spiro atoms. The Morgan fingerprint density at radius 3 is 2.40 bits per heavy atom. The molecule has 0 saturated carbocycles. The fourth-order valence-corrected chi connectivity index (χ4v) is 0.0250. The number of rotatable bonds is 1. The van der Waals surface area contributed by atoms with E-state index in [1.807, 2.05) is 0 Å². The normalized spacial score (nSPS) is 5.60. The van der Waals surface area contributed by atoms with E-state index in [1.54, 1.807) is 5.43 Å². The summed E-state index contributed by atoms with van der Waals surface area (Å²) < 4.78 is 0. The quantitative estimate of drug-likeness (QED) is 0.210. The van der Waals surface area contributed by atoms with Gasteiger partial charge in [-0.2, -0.15) is 5.26 Å². The van der Waals surface area contributed by atoms with Gasteiger partial charge in [0.25, 0.3) is 0 Å². The number of hydrogen-bond donors (Lipinski definition) is 3. The van der Waals surface area contributed by atoms with Crippen molar-refractivity contribution in [1.29, 1.82) is 5.26 Å². The first-order valence-corrected chi connectivity index (χ1v) is 0.947. The number of nitrogens with zero attached hydrogens (tertiary/aromatic N) is 1. The van der Waals surface area contributed by atoms with Gasteiger partial charge in [-0.05, 0) is 0 Å². The van der Waals surface area contributed by atoms with E-state index in [0.717, 1.165) is 0 Å². The summed E-state index contributed by atoms with van der Waals surface area (Å²) in [7, 11) is 0. The predicted molar refractivity (Wildman–Crippen MR) is 13.7 cm³/mol. The van der Waals surface area contributed by atoms with Gasteiger partial charge in [-0.15, -0.1) is 5.59 Å². The SMILES string of the molecule is N#CNNO. The Labute approximate surface area is 28.9 Å². The molecule has 0 heterocycles. The molecule has 0 unspecified atom stereocenters. The van der Waals surface area contributed by atoms with Gasteiger partial charge >= 0.3 is 0 Å². The maximum absolute atomic E-state index is 7.48. The molecule has 0 fully saturated rings. The monoisotopic (exact) mass is 73.0 g/mol. The lowest BCUT2D eigenvalue weighted by Crippen LogP contribution is -2.21. The van der Waals surface area contributed by atoms with E-state index < -0.39 is 0 Å². The Morgan fingerprint density at radius 2 is 2.40 bits per heavy atom. The van der Waals surface area contributed by atoms with Crippen LogP contribution in [0.5, 0.6) is 0 Å². The Kier molecular flexibility index (Phi) is 2.70. The molecule has 0 aliphatic carbocycles. The van der Waals surface area contributed by atoms with Crippen molar-refractivity contribution in [1.82, 2.24) is 11.0 Å². The first-order chi connectivity index (χ1) is 2.41. The number of nitriles is 1. The highest BCUT2D eigenvalue weighted by Gasteiger charge is 1.54. The Bertz CT molecular complexity index is 45.3. The van der Waals surface area contributed by atoms with Crippen LogP contribution in [0.4, 0.5) is 0 Å². The van der Waals surface area contributed by atoms with Crippen LogP contribution in [0.15, 0.2) is 0 Å². The fraction of sp³-hybridized carbons (Fsp3) is 0. The molecule has 28 valence electrons. The van der Waals surface area contributed by atoms with Crippen molar-refractivity contribution in [3.05, 3.63) is 0 Å². The van der Waals surface area contributed by atoms with E-state index >= 15 is 0 Å². The molecule has 0 aromatic rings. The molecule has 0 aliphatic heterocycles. The summed E-state index contributed by atoms with van der Waals surface area (Å²) in [6.45, 7) is 0. The van der Waals surface area contributed by atoms with Gasteiger partial charge in [-0.3, -0.25) is 5.21 Å². The highest BCUT2D eigenvalue weighted by atomic mass is 16.5. The Balaban J connectivity index is 2.48. The third-order valence-corrected chi connectivity index (χ3v) is 0.112. The second kappa shape index (κ2) is 3.21. The van der Waals surface area contributed by atoms with Crippen LogP contribution in [0.1, 0.15) is 0 Å². The Hall–Kier alpha value is -0.790. The summed E-state index contributed by atoms with van der Waals surface area (Å²) in [6.07, 6.45) is 1.41. The van der Waals surface area contributed by atoms with Crippen molar-refractivity contribution in [2.75, 3.05) is 0 Å². The predicted octanol–water partition coefficient (Wildman–Crippen LogP) is -1.05. The maximum Gasteiger partial charge on any atom is 0.194 e. The van der Waals surface area contributed by atoms with Crippen LogP contribution in [-0.2, 0) is 0 Å². The van der Waals surface area contributed by atoms with E-state index in [2.05, 4.69) is 0 Å². The van der Waals surface area contributed by atoms with Crippen LogP contribution in [0.2, 0.25) is 0 Å². The smallest absolute Gasteiger partial charge is 0.194 e. The summed E-state index contributed by atoms with van der Waals surface area (Å²) in [6, 6.07) is 0. The molecule has 0 aliphatic rings. The van der Waals surface area contributed by atoms with Crippen molar-refractivity contribution >= 4 is 0 Å². The highest BCUT2D eigenvalue weighted by molar-refractivity contribution is 4.54. The zero-order valence-electron chi connectivity index (χ0n) is 2.39. The lowest BCUT2D eigenvalue weighted by molar-refractivity contribution is 0.140. The van der Waals surface area contributed by atoms with Crippen LogP contribution < -0.4 is 11.0 Å². The van der Waals surface area contributed by atoms with Crippen molar-refractivity contribution < 1.29 is 5.21 Å². The lowest BCUT2D eigenvalue weighted by Gasteiger charge is -1.79. The minimum Gasteiger partial charge on any atom is -0.297 e. The zero-order chi connectivity index (χ0) is 4.12. The molecule has 0 radical (unpaired) electrons. The average Bonchev–Trinajstić information content (AvgIpc) is 1.41. The maximum atomic E-state index is 7.48. The van der Waals surface area contributed by atoms with Crippen LogP contribution in [0, 0.1) is 11.5 Å². The van der Waals surface area contributed by atoms with Gasteiger partial charge in [0, 0.05) is 0 Å². The molecule has 0 saturated heterocycles. The minimum atomic E-state index is 1.41. The first-order valence-electron chi connectivity index (χ1n) is 0.947. The molecule has 5 heavy (non-hydrogen) atoms. The molecule has 0 bridgehead atoms. The average molecular weight is 73.1 g/mol. The second-order valence-corrected chi connectivity index (χ2v) is 0.349. The molecular formula is CH3N3O. The van der Waals surface area contributed by atoms with Gasteiger partial charge in [0.1, 0.15) is 0 Å². The van der Waals surface area contributed by atoms with Gasteiger partial charge < -0.3 is 0 Å². The molecular weight excluding hydrogens is 70.0 g/mol. The van der Waals surface area contributed by atoms with E-state index in [9.17, 15) is 0 Å². The fourth-order valence-electron chi connectivity index (χ4n) is 0.0250. The Morgan fingerprint density at radius 1 is 1.80 bits per heavy atom. The van der Waals surface area contributed by atoms with Crippen LogP contribution in [-0.4, -0.2) is 5.21 Å². The van der Waals surface area contributed by atoms with E-state index in [4.69, 9.17) is 10.5 Å². The first kappa shape index (κ1) is 4.21. The summed E-state index contributed by atoms with van der Waals surface area (Å²) >= 11 is 0. The highest BCUT2D eigenvalue weighted by Crippen LogP contribution is 1.20. The summed E-state index contributed by atoms with van der Waals surface area (Å²) in [4.78, 5) is 0. The van der Waals surface area contributed by atoms with Crippen LogP contribution >= 0.6 is 0 Å². The molecule has 3 N–H and O–H groups in total. The summed E-state index contributed by atoms with van der Waals surface area (Å²) in [5.41, 5.74) is 3.13. The molecule has 4 nitrogen and oxygen atoms in total. The molecule has 4 heteroatoms. The second-order valence-electron chi connectivity index (χ2n) is 0.349. The topological polar surface area (TPSA) is 68.1 Å². The van der Waals surface area contributed by atoms with Crippen LogP contribution in [0.3, 0.4) is 0 Å². The van der Waals surface area contributed by atoms with Gasteiger partial charge in [0.15, 0.2) is 6.19 Å². The largest absolute Gasteiger partial charge is 0.297 e. The summed E-state index contributed by atoms with van der Waals surface area (Å²) in [5.74, 6) is 0. The molecule has 0 aromatic heterocycles. The number of hydrogen-bond acceptors (Lipinski definition) is 4. The van der Waals surface area contributed by atoms with Gasteiger partial charge in [0.2, 0.25) is 0 Å². The number of hydrazine groups is 1. The summed E-state index contributed by atoms with van der Waals surface area (Å²) in [5, 5.41) is 15.0. The van der Waals surface area contributed by atoms with E-state index in [-0.39, 0.29) is 0 Å². The third-order valence-electron chi connectivity index (χ3n) is 0.112. The number of nitrogens with one attached hydrogen (secondary N) is 2. The molecule has 0 rings (SSSR count). The molecule has 0 amide bonds. The van der Waals surface area contributed by atoms with Crippen LogP contribution in [0.25, 0.3) is 0 Å². The zero-order valence-corrected chi connectivity index (χ0v) is 2.39. The van der Waals surface area contributed by atoms with E-state index in [0.29, 0.717) is 0 Å². The van der Waals surface area contributed by atoms with Crippen molar-refractivity contribution in [3.63, 3.8) is 0 Å². The lowest BCUT2D eigenvalue weighted by atomic mass is 11.4. The van der Waals surface area contributed by atoms with Crippen molar-refractivity contribution in [2.24, 2.45) is 0 Å². The standard InChI is InChI=1S/CH3N3O/c2-1-3-4-5/h3-5H.